The first kappa shape index (κ1) is 26.1. The van der Waals surface area contributed by atoms with Crippen LogP contribution in [0, 0.1) is 0 Å². The summed E-state index contributed by atoms with van der Waals surface area (Å²) >= 11 is 0. The number of ether oxygens (including phenoxy) is 2. The van der Waals surface area contributed by atoms with Gasteiger partial charge in [-0.15, -0.1) is 0 Å². The van der Waals surface area contributed by atoms with Crippen LogP contribution in [0.1, 0.15) is 24.0 Å². The van der Waals surface area contributed by atoms with Crippen molar-refractivity contribution in [3.8, 4) is 11.5 Å². The van der Waals surface area contributed by atoms with Crippen LogP contribution >= 0.6 is 0 Å². The number of nitrogens with zero attached hydrogens (tertiary/aromatic N) is 2. The standard InChI is InChI=1S/C25H26F4N2O4/c26-24(27)34-20-11-9-19(21(17-20)35-25(28)29)10-12-23(33)31-15-13-30(14-16-31)22(32)8-4-7-18-5-2-1-3-6-18/h1-3,5-6,9-12,17,24-25H,4,7-8,13-16H2/b12-10+. The van der Waals surface area contributed by atoms with Gasteiger partial charge in [0.1, 0.15) is 11.5 Å². The highest BCUT2D eigenvalue weighted by Crippen LogP contribution is 2.28. The molecule has 188 valence electrons. The Kier molecular flexibility index (Phi) is 9.51. The zero-order valence-corrected chi connectivity index (χ0v) is 18.9. The monoisotopic (exact) mass is 494 g/mol. The average molecular weight is 494 g/mol. The summed E-state index contributed by atoms with van der Waals surface area (Å²) in [4.78, 5) is 28.3. The smallest absolute Gasteiger partial charge is 0.387 e. The molecule has 0 atom stereocenters. The molecule has 6 nitrogen and oxygen atoms in total. The van der Waals surface area contributed by atoms with Gasteiger partial charge in [-0.3, -0.25) is 9.59 Å². The van der Waals surface area contributed by atoms with Crippen molar-refractivity contribution in [1.82, 2.24) is 9.80 Å². The van der Waals surface area contributed by atoms with Gasteiger partial charge in [0, 0.05) is 50.3 Å². The molecule has 2 aromatic carbocycles. The summed E-state index contributed by atoms with van der Waals surface area (Å²) < 4.78 is 58.8. The molecule has 35 heavy (non-hydrogen) atoms. The van der Waals surface area contributed by atoms with Crippen molar-refractivity contribution >= 4 is 17.9 Å². The van der Waals surface area contributed by atoms with E-state index in [-0.39, 0.29) is 23.1 Å². The predicted molar refractivity (Wildman–Crippen MR) is 121 cm³/mol. The van der Waals surface area contributed by atoms with Gasteiger partial charge < -0.3 is 19.3 Å². The van der Waals surface area contributed by atoms with Gasteiger partial charge in [-0.25, -0.2) is 0 Å². The molecule has 1 aliphatic rings. The van der Waals surface area contributed by atoms with E-state index in [0.29, 0.717) is 32.6 Å². The van der Waals surface area contributed by atoms with Crippen LogP contribution in [0.2, 0.25) is 0 Å². The number of carbonyl (C=O) groups is 2. The Bertz CT molecular complexity index is 1010. The molecule has 1 heterocycles. The molecular weight excluding hydrogens is 468 g/mol. The third-order valence-corrected chi connectivity index (χ3v) is 5.47. The fourth-order valence-corrected chi connectivity index (χ4v) is 3.72. The molecule has 0 aliphatic carbocycles. The highest BCUT2D eigenvalue weighted by molar-refractivity contribution is 5.92. The molecule has 2 aromatic rings. The molecule has 0 aromatic heterocycles. The minimum Gasteiger partial charge on any atom is -0.435 e. The maximum Gasteiger partial charge on any atom is 0.387 e. The normalized spacial score (nSPS) is 14.1. The van der Waals surface area contributed by atoms with Crippen molar-refractivity contribution in [3.63, 3.8) is 0 Å². The van der Waals surface area contributed by atoms with Crippen LogP contribution < -0.4 is 9.47 Å². The minimum atomic E-state index is -3.18. The van der Waals surface area contributed by atoms with Crippen molar-refractivity contribution in [1.29, 1.82) is 0 Å². The highest BCUT2D eigenvalue weighted by Gasteiger charge is 2.23. The van der Waals surface area contributed by atoms with E-state index in [0.717, 1.165) is 25.0 Å². The zero-order chi connectivity index (χ0) is 25.2. The second-order valence-electron chi connectivity index (χ2n) is 7.84. The largest absolute Gasteiger partial charge is 0.435 e. The number of piperazine rings is 1. The van der Waals surface area contributed by atoms with Gasteiger partial charge >= 0.3 is 13.2 Å². The van der Waals surface area contributed by atoms with Crippen molar-refractivity contribution in [2.75, 3.05) is 26.2 Å². The van der Waals surface area contributed by atoms with E-state index in [1.807, 2.05) is 30.3 Å². The number of hydrogen-bond acceptors (Lipinski definition) is 4. The van der Waals surface area contributed by atoms with Crippen LogP contribution in [0.4, 0.5) is 17.6 Å². The lowest BCUT2D eigenvalue weighted by atomic mass is 10.1. The summed E-state index contributed by atoms with van der Waals surface area (Å²) in [5.41, 5.74) is 1.29. The Morgan fingerprint density at radius 2 is 1.54 bits per heavy atom. The average Bonchev–Trinajstić information content (AvgIpc) is 2.83. The van der Waals surface area contributed by atoms with Gasteiger partial charge in [-0.2, -0.15) is 17.6 Å². The summed E-state index contributed by atoms with van der Waals surface area (Å²) in [6.07, 6.45) is 4.46. The number of aryl methyl sites for hydroxylation is 1. The molecule has 1 aliphatic heterocycles. The van der Waals surface area contributed by atoms with Crippen molar-refractivity contribution < 1.29 is 36.6 Å². The Morgan fingerprint density at radius 3 is 2.20 bits per heavy atom. The molecule has 0 radical (unpaired) electrons. The number of alkyl halides is 4. The van der Waals surface area contributed by atoms with E-state index in [4.69, 9.17) is 0 Å². The lowest BCUT2D eigenvalue weighted by Gasteiger charge is -2.34. The van der Waals surface area contributed by atoms with Crippen molar-refractivity contribution in [3.05, 3.63) is 65.7 Å². The SMILES string of the molecule is O=C(/C=C/c1ccc(OC(F)F)cc1OC(F)F)N1CCN(C(=O)CCCc2ccccc2)CC1. The molecule has 2 amide bonds. The molecule has 0 spiro atoms. The van der Waals surface area contributed by atoms with Crippen LogP contribution in [0.15, 0.2) is 54.6 Å². The number of amides is 2. The molecular formula is C25H26F4N2O4. The van der Waals surface area contributed by atoms with Crippen LogP contribution in [-0.2, 0) is 16.0 Å². The van der Waals surface area contributed by atoms with E-state index in [9.17, 15) is 27.2 Å². The molecule has 3 rings (SSSR count). The van der Waals surface area contributed by atoms with E-state index >= 15 is 0 Å². The molecule has 0 unspecified atom stereocenters. The van der Waals surface area contributed by atoms with Crippen LogP contribution in [-0.4, -0.2) is 61.0 Å². The molecule has 0 bridgehead atoms. The Balaban J connectivity index is 1.50. The number of rotatable bonds is 10. The highest BCUT2D eigenvalue weighted by atomic mass is 19.3. The first-order valence-electron chi connectivity index (χ1n) is 11.1. The second-order valence-corrected chi connectivity index (χ2v) is 7.84. The van der Waals surface area contributed by atoms with E-state index in [1.165, 1.54) is 23.8 Å². The minimum absolute atomic E-state index is 0.0449. The van der Waals surface area contributed by atoms with E-state index in [1.54, 1.807) is 9.80 Å². The van der Waals surface area contributed by atoms with Gasteiger partial charge in [0.2, 0.25) is 11.8 Å². The molecule has 1 saturated heterocycles. The number of halogens is 4. The Hall–Kier alpha value is -3.56. The first-order valence-corrected chi connectivity index (χ1v) is 11.1. The fraction of sp³-hybridized carbons (Fsp3) is 0.360. The van der Waals surface area contributed by atoms with Gasteiger partial charge in [0.25, 0.3) is 0 Å². The first-order chi connectivity index (χ1) is 16.8. The molecule has 0 N–H and O–H groups in total. The van der Waals surface area contributed by atoms with Crippen molar-refractivity contribution in [2.24, 2.45) is 0 Å². The molecule has 0 saturated carbocycles. The number of carbonyl (C=O) groups excluding carboxylic acids is 2. The van der Waals surface area contributed by atoms with Gasteiger partial charge in [-0.05, 0) is 36.6 Å². The summed E-state index contributed by atoms with van der Waals surface area (Å²) in [6.45, 7) is -4.80. The van der Waals surface area contributed by atoms with Gasteiger partial charge in [0.15, 0.2) is 0 Å². The summed E-state index contributed by atoms with van der Waals surface area (Å²) in [5, 5.41) is 0. The molecule has 10 heteroatoms. The zero-order valence-electron chi connectivity index (χ0n) is 18.9. The predicted octanol–water partition coefficient (Wildman–Crippen LogP) is 4.60. The van der Waals surface area contributed by atoms with Gasteiger partial charge in [-0.1, -0.05) is 30.3 Å². The second kappa shape index (κ2) is 12.8. The fourth-order valence-electron chi connectivity index (χ4n) is 3.72. The summed E-state index contributed by atoms with van der Waals surface area (Å²) in [7, 11) is 0. The quantitative estimate of drug-likeness (QED) is 0.358. The molecule has 1 fully saturated rings. The maximum atomic E-state index is 12.7. The number of hydrogen-bond donors (Lipinski definition) is 0. The Morgan fingerprint density at radius 1 is 0.886 bits per heavy atom. The van der Waals surface area contributed by atoms with Gasteiger partial charge in [0.05, 0.1) is 0 Å². The Labute approximate surface area is 200 Å². The maximum absolute atomic E-state index is 12.7. The van der Waals surface area contributed by atoms with Crippen LogP contribution in [0.3, 0.4) is 0 Å². The lowest BCUT2D eigenvalue weighted by molar-refractivity contribution is -0.137. The van der Waals surface area contributed by atoms with Crippen LogP contribution in [0.5, 0.6) is 11.5 Å². The van der Waals surface area contributed by atoms with E-state index in [2.05, 4.69) is 9.47 Å². The van der Waals surface area contributed by atoms with Crippen LogP contribution in [0.25, 0.3) is 6.08 Å². The van der Waals surface area contributed by atoms with Crippen molar-refractivity contribution in [2.45, 2.75) is 32.5 Å². The van der Waals surface area contributed by atoms with E-state index < -0.39 is 19.0 Å². The topological polar surface area (TPSA) is 59.1 Å². The third-order valence-electron chi connectivity index (χ3n) is 5.47. The summed E-state index contributed by atoms with van der Waals surface area (Å²) in [5.74, 6) is -1.06. The third kappa shape index (κ3) is 8.31. The summed E-state index contributed by atoms with van der Waals surface area (Å²) in [6, 6.07) is 13.2. The number of benzene rings is 2. The lowest BCUT2D eigenvalue weighted by Crippen LogP contribution is -2.50.